The van der Waals surface area contributed by atoms with Gasteiger partial charge >= 0.3 is 0 Å². The molecule has 0 saturated carbocycles. The molecule has 20 bridgehead atoms. The van der Waals surface area contributed by atoms with Crippen LogP contribution in [0.1, 0.15) is 50.1 Å². The van der Waals surface area contributed by atoms with Crippen molar-refractivity contribution in [3.05, 3.63) is 159 Å². The first-order chi connectivity index (χ1) is 34.9. The van der Waals surface area contributed by atoms with Crippen molar-refractivity contribution < 1.29 is 42.6 Å². The Balaban J connectivity index is 1.05. The van der Waals surface area contributed by atoms with E-state index < -0.39 is 8.37 Å². The molecular weight excluding hydrogens is 916 g/mol. The first-order valence-electron chi connectivity index (χ1n) is 24.9. The monoisotopic (exact) mass is 978 g/mol. The van der Waals surface area contributed by atoms with Crippen LogP contribution in [-0.4, -0.2) is 119 Å². The molecule has 0 radical (unpaired) electrons. The van der Waals surface area contributed by atoms with Crippen molar-refractivity contribution in [2.75, 3.05) is 100 Å². The van der Waals surface area contributed by atoms with E-state index in [-0.39, 0.29) is 0 Å². The Labute approximate surface area is 418 Å². The van der Waals surface area contributed by atoms with Crippen LogP contribution in [0, 0.1) is 0 Å². The average molecular weight is 979 g/mol. The lowest BCUT2D eigenvalue weighted by atomic mass is 9.94. The molecule has 3 unspecified atom stereocenters. The van der Waals surface area contributed by atoms with Crippen molar-refractivity contribution in [3.63, 3.8) is 0 Å². The molecule has 9 heterocycles. The molecule has 71 heavy (non-hydrogen) atoms. The van der Waals surface area contributed by atoms with Crippen LogP contribution in [0.2, 0.25) is 0 Å². The van der Waals surface area contributed by atoms with Crippen LogP contribution in [0.3, 0.4) is 0 Å². The Morgan fingerprint density at radius 3 is 1.00 bits per heavy atom. The van der Waals surface area contributed by atoms with E-state index >= 15 is 0 Å². The van der Waals surface area contributed by atoms with E-state index in [9.17, 15) is 0 Å². The highest BCUT2D eigenvalue weighted by Gasteiger charge is 2.37. The summed E-state index contributed by atoms with van der Waals surface area (Å²) in [5.74, 6) is 6.43. The van der Waals surface area contributed by atoms with Crippen LogP contribution >= 0.6 is 8.37 Å². The van der Waals surface area contributed by atoms with Crippen molar-refractivity contribution in [2.45, 2.75) is 38.9 Å². The first kappa shape index (κ1) is 47.1. The van der Waals surface area contributed by atoms with Gasteiger partial charge in [-0.05, 0) is 142 Å². The second-order valence-corrected chi connectivity index (χ2v) is 20.9. The number of rotatable bonds is 3. The molecule has 10 aliphatic rings. The standard InChI is InChI=1S/C57H63N4O9P/c1-62-52-31-43-28-47-35-56-54(64-3)33-45(47)30-48-36-57-53(63-2)32-44(48)29-46(43)34-55(52)68-22-19-65-49-10-4-7-40(25-49)37-59-16-13-58-14-17-60(38-41-8-5-11-50(26-41)66-20-23-69-56)71(59)61(18-15-58)39-42-9-6-12-51(27-42)67-21-24-70-57/h4-12,25-27,31-36H,13-24,28-30,37-39H2,1-3H3. The highest BCUT2D eigenvalue weighted by molar-refractivity contribution is 7.50. The lowest BCUT2D eigenvalue weighted by Crippen LogP contribution is -2.51. The number of hydrogen-bond donors (Lipinski definition) is 0. The maximum Gasteiger partial charge on any atom is 0.161 e. The van der Waals surface area contributed by atoms with E-state index in [4.69, 9.17) is 42.6 Å². The van der Waals surface area contributed by atoms with Crippen LogP contribution in [0.15, 0.2) is 109 Å². The lowest BCUT2D eigenvalue weighted by molar-refractivity contribution is 0.159. The summed E-state index contributed by atoms with van der Waals surface area (Å²) in [6.45, 7) is 10.3. The van der Waals surface area contributed by atoms with E-state index in [2.05, 4.69) is 110 Å². The van der Waals surface area contributed by atoms with Gasteiger partial charge in [-0.3, -0.25) is 18.9 Å². The zero-order valence-corrected chi connectivity index (χ0v) is 41.9. The van der Waals surface area contributed by atoms with Gasteiger partial charge in [-0.2, -0.15) is 0 Å². The summed E-state index contributed by atoms with van der Waals surface area (Å²) < 4.78 is 65.4. The number of ether oxygens (including phenoxy) is 9. The molecule has 370 valence electrons. The topological polar surface area (TPSA) is 96.0 Å². The van der Waals surface area contributed by atoms with E-state index in [0.717, 1.165) is 110 Å². The summed E-state index contributed by atoms with van der Waals surface area (Å²) in [7, 11) is 4.14. The molecule has 0 spiro atoms. The average Bonchev–Trinajstić information content (AvgIpc) is 3.43. The second kappa shape index (κ2) is 21.6. The van der Waals surface area contributed by atoms with Crippen molar-refractivity contribution in [1.29, 1.82) is 0 Å². The smallest absolute Gasteiger partial charge is 0.161 e. The normalized spacial score (nSPS) is 22.1. The van der Waals surface area contributed by atoms with Crippen LogP contribution in [0.5, 0.6) is 51.7 Å². The Bertz CT molecular complexity index is 2540. The van der Waals surface area contributed by atoms with Crippen LogP contribution in [-0.2, 0) is 38.9 Å². The third-order valence-corrected chi connectivity index (χ3v) is 16.5. The highest BCUT2D eigenvalue weighted by Crippen LogP contribution is 2.52. The predicted molar refractivity (Wildman–Crippen MR) is 274 cm³/mol. The maximum atomic E-state index is 6.56. The zero-order chi connectivity index (χ0) is 48.1. The van der Waals surface area contributed by atoms with Gasteiger partial charge < -0.3 is 42.6 Å². The molecule has 0 N–H and O–H groups in total. The van der Waals surface area contributed by atoms with Gasteiger partial charge in [0.15, 0.2) is 34.5 Å². The lowest BCUT2D eigenvalue weighted by Gasteiger charge is -2.50. The summed E-state index contributed by atoms with van der Waals surface area (Å²) in [4.78, 5) is 2.63. The minimum Gasteiger partial charge on any atom is -0.493 e. The maximum absolute atomic E-state index is 6.56. The highest BCUT2D eigenvalue weighted by atomic mass is 31.2. The van der Waals surface area contributed by atoms with Gasteiger partial charge in [-0.15, -0.1) is 0 Å². The van der Waals surface area contributed by atoms with Crippen molar-refractivity contribution in [3.8, 4) is 51.7 Å². The van der Waals surface area contributed by atoms with Gasteiger partial charge in [0.2, 0.25) is 0 Å². The Hall–Kier alpha value is -6.21. The zero-order valence-electron chi connectivity index (χ0n) is 41.0. The van der Waals surface area contributed by atoms with Crippen LogP contribution in [0.4, 0.5) is 0 Å². The Morgan fingerprint density at radius 2 is 0.676 bits per heavy atom. The van der Waals surface area contributed by atoms with Crippen LogP contribution < -0.4 is 42.6 Å². The third-order valence-electron chi connectivity index (χ3n) is 14.0. The number of hydrogen-bond acceptors (Lipinski definition) is 13. The largest absolute Gasteiger partial charge is 0.493 e. The fourth-order valence-corrected chi connectivity index (χ4v) is 13.2. The molecule has 13 nitrogen and oxygen atoms in total. The van der Waals surface area contributed by atoms with E-state index in [1.165, 1.54) is 16.7 Å². The minimum atomic E-state index is -0.941. The minimum absolute atomic E-state index is 0.334. The van der Waals surface area contributed by atoms with Crippen molar-refractivity contribution in [1.82, 2.24) is 18.9 Å². The molecule has 9 aliphatic heterocycles. The first-order valence-corrected chi connectivity index (χ1v) is 26.1. The van der Waals surface area contributed by atoms with Gasteiger partial charge in [-0.1, -0.05) is 36.4 Å². The fraction of sp³-hybridized carbons (Fsp3) is 0.368. The number of methoxy groups -OCH3 is 3. The van der Waals surface area contributed by atoms with Crippen molar-refractivity contribution in [2.24, 2.45) is 0 Å². The number of nitrogens with zero attached hydrogens (tertiary/aromatic N) is 4. The quantitative estimate of drug-likeness (QED) is 0.158. The molecular formula is C57H63N4O9P. The van der Waals surface area contributed by atoms with Gasteiger partial charge in [0.05, 0.1) is 21.3 Å². The Morgan fingerprint density at radius 1 is 0.366 bits per heavy atom. The molecule has 3 atom stereocenters. The summed E-state index contributed by atoms with van der Waals surface area (Å²) in [5.41, 5.74) is 10.3. The van der Waals surface area contributed by atoms with E-state index in [1.54, 1.807) is 21.3 Å². The second-order valence-electron chi connectivity index (χ2n) is 18.7. The molecule has 6 aromatic carbocycles. The van der Waals surface area contributed by atoms with Crippen LogP contribution in [0.25, 0.3) is 0 Å². The van der Waals surface area contributed by atoms with Gasteiger partial charge in [0.1, 0.15) is 65.3 Å². The van der Waals surface area contributed by atoms with E-state index in [0.29, 0.717) is 93.4 Å². The SMILES string of the molecule is COc1cc2c3cc1OCCOc1cccc(c1)CN1CCN4CCN5Cc6cccc(c6)OCCOc6cc(c(cc6OC)C3)Cc3cc(OC)c(cc3C2)OCCOc2cccc(c2)CN(CC4)P15. The van der Waals surface area contributed by atoms with Gasteiger partial charge in [0, 0.05) is 58.9 Å². The summed E-state index contributed by atoms with van der Waals surface area (Å²) in [6.07, 6.45) is 1.89. The number of fused-ring (bicyclic) bond motifs is 6. The van der Waals surface area contributed by atoms with Gasteiger partial charge in [0.25, 0.3) is 0 Å². The predicted octanol–water partition coefficient (Wildman–Crippen LogP) is 9.16. The summed E-state index contributed by atoms with van der Waals surface area (Å²) >= 11 is 0. The molecule has 6 aromatic rings. The van der Waals surface area contributed by atoms with Gasteiger partial charge in [-0.25, -0.2) is 0 Å². The molecule has 0 amide bonds. The van der Waals surface area contributed by atoms with Crippen molar-refractivity contribution >= 4 is 8.37 Å². The summed E-state index contributed by atoms with van der Waals surface area (Å²) in [5, 5.41) is 0. The van der Waals surface area contributed by atoms with E-state index in [1.807, 2.05) is 18.2 Å². The molecule has 0 aromatic heterocycles. The fourth-order valence-electron chi connectivity index (χ4n) is 10.5. The molecule has 14 heteroatoms. The molecule has 1 aliphatic carbocycles. The molecule has 3 saturated heterocycles. The Kier molecular flexibility index (Phi) is 14.4. The molecule has 16 rings (SSSR count). The summed E-state index contributed by atoms with van der Waals surface area (Å²) in [6, 6.07) is 38.5. The third kappa shape index (κ3) is 10.9. The molecule has 3 fully saturated rings. The number of benzene rings is 6.